The fourth-order valence-electron chi connectivity index (χ4n) is 2.17. The minimum absolute atomic E-state index is 0.123. The molecule has 0 aliphatic carbocycles. The average molecular weight is 330 g/mol. The van der Waals surface area contributed by atoms with Gasteiger partial charge in [-0.25, -0.2) is 17.6 Å². The van der Waals surface area contributed by atoms with Crippen molar-refractivity contribution in [3.63, 3.8) is 0 Å². The van der Waals surface area contributed by atoms with E-state index in [0.29, 0.717) is 19.6 Å². The number of nitrogens with zero attached hydrogens (tertiary/aromatic N) is 2. The Bertz CT molecular complexity index is 587. The molecule has 1 aromatic carbocycles. The zero-order valence-corrected chi connectivity index (χ0v) is 12.5. The van der Waals surface area contributed by atoms with E-state index in [4.69, 9.17) is 4.74 Å². The van der Waals surface area contributed by atoms with Crippen molar-refractivity contribution in [2.24, 2.45) is 0 Å². The van der Waals surface area contributed by atoms with Gasteiger partial charge in [0.2, 0.25) is 0 Å². The Balaban J connectivity index is 1.73. The number of ether oxygens (including phenoxy) is 1. The molecule has 0 saturated carbocycles. The van der Waals surface area contributed by atoms with Gasteiger partial charge in [0.1, 0.15) is 11.4 Å². The van der Waals surface area contributed by atoms with Gasteiger partial charge in [-0.2, -0.15) is 5.10 Å². The van der Waals surface area contributed by atoms with Gasteiger partial charge in [-0.1, -0.05) is 30.3 Å². The number of aromatic nitrogens is 2. The van der Waals surface area contributed by atoms with Crippen molar-refractivity contribution >= 4 is 0 Å². The van der Waals surface area contributed by atoms with E-state index in [1.54, 1.807) is 0 Å². The minimum atomic E-state index is -2.85. The highest BCUT2D eigenvalue weighted by Crippen LogP contribution is 2.25. The fourth-order valence-corrected chi connectivity index (χ4v) is 2.17. The molecular weight excluding hydrogens is 312 g/mol. The lowest BCUT2D eigenvalue weighted by Crippen LogP contribution is -2.09. The highest BCUT2D eigenvalue weighted by atomic mass is 19.3. The molecule has 0 saturated heterocycles. The zero-order chi connectivity index (χ0) is 16.7. The number of alkyl halides is 4. The Kier molecular flexibility index (Phi) is 6.58. The number of hydrogen-bond donors (Lipinski definition) is 0. The van der Waals surface area contributed by atoms with Crippen molar-refractivity contribution in [3.8, 4) is 0 Å². The third-order valence-electron chi connectivity index (χ3n) is 3.31. The first kappa shape index (κ1) is 17.5. The summed E-state index contributed by atoms with van der Waals surface area (Å²) in [7, 11) is 0. The Hall–Kier alpha value is -1.89. The molecule has 0 radical (unpaired) electrons. The standard InChI is InChI=1S/C16H18F4N2O/c17-15(18)13-11-14(16(19)20)22(21-13)8-4-9-23-10-7-12-5-2-1-3-6-12/h1-3,5-6,11,15-16H,4,7-10H2. The molecular formula is C16H18F4N2O. The molecule has 0 bridgehead atoms. The van der Waals surface area contributed by atoms with Crippen molar-refractivity contribution < 1.29 is 22.3 Å². The third kappa shape index (κ3) is 5.35. The van der Waals surface area contributed by atoms with Crippen LogP contribution in [0.15, 0.2) is 36.4 Å². The number of hydrogen-bond acceptors (Lipinski definition) is 2. The second-order valence-corrected chi connectivity index (χ2v) is 5.02. The highest BCUT2D eigenvalue weighted by Gasteiger charge is 2.20. The molecule has 126 valence electrons. The van der Waals surface area contributed by atoms with E-state index >= 15 is 0 Å². The van der Waals surface area contributed by atoms with E-state index in [1.807, 2.05) is 30.3 Å². The van der Waals surface area contributed by atoms with Crippen LogP contribution in [0.5, 0.6) is 0 Å². The highest BCUT2D eigenvalue weighted by molar-refractivity contribution is 5.14. The van der Waals surface area contributed by atoms with Gasteiger partial charge >= 0.3 is 0 Å². The van der Waals surface area contributed by atoms with Crippen LogP contribution < -0.4 is 0 Å². The molecule has 0 atom stereocenters. The molecule has 3 nitrogen and oxygen atoms in total. The topological polar surface area (TPSA) is 27.1 Å². The van der Waals surface area contributed by atoms with Gasteiger partial charge in [0, 0.05) is 13.2 Å². The maximum absolute atomic E-state index is 12.8. The van der Waals surface area contributed by atoms with Gasteiger partial charge in [-0.05, 0) is 24.5 Å². The lowest BCUT2D eigenvalue weighted by atomic mass is 10.2. The molecule has 0 unspecified atom stereocenters. The fraction of sp³-hybridized carbons (Fsp3) is 0.438. The predicted octanol–water partition coefficient (Wildman–Crippen LogP) is 4.41. The zero-order valence-electron chi connectivity index (χ0n) is 12.5. The van der Waals surface area contributed by atoms with Crippen LogP contribution in [0.1, 0.15) is 36.2 Å². The Morgan fingerprint density at radius 2 is 1.74 bits per heavy atom. The minimum Gasteiger partial charge on any atom is -0.381 e. The summed E-state index contributed by atoms with van der Waals surface area (Å²) >= 11 is 0. The molecule has 1 heterocycles. The summed E-state index contributed by atoms with van der Waals surface area (Å²) in [6, 6.07) is 10.6. The maximum atomic E-state index is 12.8. The summed E-state index contributed by atoms with van der Waals surface area (Å²) in [5.74, 6) is 0. The Morgan fingerprint density at radius 1 is 1.00 bits per heavy atom. The van der Waals surface area contributed by atoms with Gasteiger partial charge in [0.15, 0.2) is 0 Å². The van der Waals surface area contributed by atoms with Gasteiger partial charge in [0.05, 0.1) is 6.61 Å². The van der Waals surface area contributed by atoms with Gasteiger partial charge in [-0.15, -0.1) is 0 Å². The van der Waals surface area contributed by atoms with Crippen molar-refractivity contribution in [1.29, 1.82) is 0 Å². The van der Waals surface area contributed by atoms with Gasteiger partial charge in [-0.3, -0.25) is 4.68 Å². The van der Waals surface area contributed by atoms with Crippen molar-refractivity contribution in [3.05, 3.63) is 53.3 Å². The molecule has 2 rings (SSSR count). The molecule has 0 spiro atoms. The Morgan fingerprint density at radius 3 is 2.39 bits per heavy atom. The molecule has 23 heavy (non-hydrogen) atoms. The van der Waals surface area contributed by atoms with E-state index in [9.17, 15) is 17.6 Å². The van der Waals surface area contributed by atoms with Crippen LogP contribution in [0.25, 0.3) is 0 Å². The van der Waals surface area contributed by atoms with Crippen LogP contribution in [0.3, 0.4) is 0 Å². The van der Waals surface area contributed by atoms with Crippen LogP contribution in [0.4, 0.5) is 17.6 Å². The van der Waals surface area contributed by atoms with Gasteiger partial charge in [0.25, 0.3) is 12.9 Å². The first-order valence-corrected chi connectivity index (χ1v) is 7.33. The predicted molar refractivity (Wildman–Crippen MR) is 77.7 cm³/mol. The summed E-state index contributed by atoms with van der Waals surface area (Å²) in [5.41, 5.74) is 0.0519. The second kappa shape index (κ2) is 8.67. The van der Waals surface area contributed by atoms with E-state index in [2.05, 4.69) is 5.10 Å². The summed E-state index contributed by atoms with van der Waals surface area (Å²) < 4.78 is 57.0. The normalized spacial score (nSPS) is 11.6. The lowest BCUT2D eigenvalue weighted by Gasteiger charge is -2.07. The summed E-state index contributed by atoms with van der Waals surface area (Å²) in [5, 5.41) is 3.53. The SMILES string of the molecule is FC(F)c1cc(C(F)F)n(CCCOCCc2ccccc2)n1. The Labute approximate surface area is 131 Å². The quantitative estimate of drug-likeness (QED) is 0.503. The summed E-state index contributed by atoms with van der Waals surface area (Å²) in [6.45, 7) is 1.00. The average Bonchev–Trinajstić information content (AvgIpc) is 2.96. The number of rotatable bonds is 9. The van der Waals surface area contributed by atoms with Crippen LogP contribution in [0.2, 0.25) is 0 Å². The molecule has 2 aromatic rings. The van der Waals surface area contributed by atoms with E-state index in [1.165, 1.54) is 0 Å². The van der Waals surface area contributed by atoms with Crippen LogP contribution in [-0.4, -0.2) is 23.0 Å². The lowest BCUT2D eigenvalue weighted by molar-refractivity contribution is 0.122. The molecule has 7 heteroatoms. The van der Waals surface area contributed by atoms with E-state index < -0.39 is 24.2 Å². The van der Waals surface area contributed by atoms with E-state index in [0.717, 1.165) is 22.7 Å². The van der Waals surface area contributed by atoms with Gasteiger partial charge < -0.3 is 4.74 Å². The van der Waals surface area contributed by atoms with Crippen molar-refractivity contribution in [1.82, 2.24) is 9.78 Å². The number of benzene rings is 1. The number of aryl methyl sites for hydroxylation is 1. The molecule has 0 aliphatic rings. The maximum Gasteiger partial charge on any atom is 0.282 e. The molecule has 1 aromatic heterocycles. The monoisotopic (exact) mass is 330 g/mol. The first-order chi connectivity index (χ1) is 11.1. The molecule has 0 fully saturated rings. The third-order valence-corrected chi connectivity index (χ3v) is 3.31. The smallest absolute Gasteiger partial charge is 0.282 e. The molecule has 0 amide bonds. The number of halogens is 4. The second-order valence-electron chi connectivity index (χ2n) is 5.02. The van der Waals surface area contributed by atoms with Crippen molar-refractivity contribution in [2.45, 2.75) is 32.2 Å². The summed E-state index contributed by atoms with van der Waals surface area (Å²) in [4.78, 5) is 0. The first-order valence-electron chi connectivity index (χ1n) is 7.33. The largest absolute Gasteiger partial charge is 0.381 e. The van der Waals surface area contributed by atoms with Crippen LogP contribution >= 0.6 is 0 Å². The van der Waals surface area contributed by atoms with E-state index in [-0.39, 0.29) is 6.54 Å². The van der Waals surface area contributed by atoms with Crippen LogP contribution in [0, 0.1) is 0 Å². The molecule has 0 N–H and O–H groups in total. The molecule has 0 aliphatic heterocycles. The summed E-state index contributed by atoms with van der Waals surface area (Å²) in [6.07, 6.45) is -4.48. The van der Waals surface area contributed by atoms with Crippen LogP contribution in [-0.2, 0) is 17.7 Å². The van der Waals surface area contributed by atoms with Crippen molar-refractivity contribution in [2.75, 3.05) is 13.2 Å².